The van der Waals surface area contributed by atoms with Crippen molar-refractivity contribution in [2.24, 2.45) is 5.10 Å². The topological polar surface area (TPSA) is 88.6 Å². The maximum atomic E-state index is 12.5. The first-order valence-corrected chi connectivity index (χ1v) is 9.29. The largest absolute Gasteiger partial charge is 0.496 e. The average molecular weight is 400 g/mol. The highest BCUT2D eigenvalue weighted by atomic mass is 16.5. The van der Waals surface area contributed by atoms with Gasteiger partial charge in [-0.1, -0.05) is 42.5 Å². The predicted octanol–water partition coefficient (Wildman–Crippen LogP) is 4.01. The van der Waals surface area contributed by atoms with Crippen LogP contribution < -0.4 is 14.9 Å². The van der Waals surface area contributed by atoms with E-state index in [1.807, 2.05) is 60.7 Å². The first-order valence-electron chi connectivity index (χ1n) is 9.29. The van der Waals surface area contributed by atoms with E-state index >= 15 is 0 Å². The van der Waals surface area contributed by atoms with Crippen molar-refractivity contribution in [2.45, 2.75) is 0 Å². The van der Waals surface area contributed by atoms with E-state index < -0.39 is 5.91 Å². The average Bonchev–Trinajstić information content (AvgIpc) is 3.28. The third-order valence-electron chi connectivity index (χ3n) is 4.70. The molecule has 0 saturated heterocycles. The number of hydrogen-bond donors (Lipinski definition) is 2. The minimum Gasteiger partial charge on any atom is -0.496 e. The Bertz CT molecular complexity index is 1230. The van der Waals surface area contributed by atoms with Gasteiger partial charge in [-0.2, -0.15) is 10.2 Å². The van der Waals surface area contributed by atoms with Gasteiger partial charge >= 0.3 is 0 Å². The van der Waals surface area contributed by atoms with Crippen molar-refractivity contribution in [3.63, 3.8) is 0 Å². The van der Waals surface area contributed by atoms with Gasteiger partial charge in [-0.25, -0.2) is 5.43 Å². The highest BCUT2D eigenvalue weighted by Crippen LogP contribution is 2.36. The molecule has 0 aliphatic rings. The fourth-order valence-electron chi connectivity index (χ4n) is 3.25. The molecule has 1 amide bonds. The van der Waals surface area contributed by atoms with E-state index in [0.717, 1.165) is 21.9 Å². The number of aromatic amines is 1. The van der Waals surface area contributed by atoms with Gasteiger partial charge in [0.15, 0.2) is 0 Å². The normalized spacial score (nSPS) is 11.0. The summed E-state index contributed by atoms with van der Waals surface area (Å²) in [5.74, 6) is 0.947. The molecule has 1 aromatic heterocycles. The highest BCUT2D eigenvalue weighted by molar-refractivity contribution is 6.00. The van der Waals surface area contributed by atoms with Crippen LogP contribution in [0.4, 0.5) is 0 Å². The maximum Gasteiger partial charge on any atom is 0.289 e. The van der Waals surface area contributed by atoms with Crippen molar-refractivity contribution in [3.8, 4) is 22.8 Å². The Kier molecular flexibility index (Phi) is 5.43. The number of benzene rings is 3. The predicted molar refractivity (Wildman–Crippen MR) is 116 cm³/mol. The Labute approximate surface area is 173 Å². The number of amides is 1. The van der Waals surface area contributed by atoms with E-state index in [1.54, 1.807) is 20.3 Å². The summed E-state index contributed by atoms with van der Waals surface area (Å²) in [5.41, 5.74) is 4.98. The van der Waals surface area contributed by atoms with Crippen molar-refractivity contribution in [1.29, 1.82) is 0 Å². The molecule has 3 aromatic carbocycles. The standard InChI is InChI=1S/C23H20N4O3/c1-29-20-10-6-4-8-16(20)14-24-27-23(28)19-13-18(25-26-19)22-17-9-5-3-7-15(17)11-12-21(22)30-2/h3-14H,1-2H3,(H,25,26)(H,27,28). The number of carbonyl (C=O) groups is 1. The molecule has 2 N–H and O–H groups in total. The van der Waals surface area contributed by atoms with Crippen LogP contribution in [0.25, 0.3) is 22.0 Å². The number of aromatic nitrogens is 2. The molecule has 0 atom stereocenters. The first-order chi connectivity index (χ1) is 14.7. The number of hydrazone groups is 1. The highest BCUT2D eigenvalue weighted by Gasteiger charge is 2.16. The first kappa shape index (κ1) is 19.2. The number of methoxy groups -OCH3 is 2. The molecular formula is C23H20N4O3. The molecule has 7 heteroatoms. The van der Waals surface area contributed by atoms with E-state index in [2.05, 4.69) is 20.7 Å². The van der Waals surface area contributed by atoms with Gasteiger partial charge in [0.05, 0.1) is 31.7 Å². The molecule has 0 saturated carbocycles. The summed E-state index contributed by atoms with van der Waals surface area (Å²) < 4.78 is 10.8. The zero-order valence-electron chi connectivity index (χ0n) is 16.5. The van der Waals surface area contributed by atoms with Crippen molar-refractivity contribution < 1.29 is 14.3 Å². The summed E-state index contributed by atoms with van der Waals surface area (Å²) in [6, 6.07) is 20.9. The smallest absolute Gasteiger partial charge is 0.289 e. The van der Waals surface area contributed by atoms with E-state index in [1.165, 1.54) is 6.21 Å². The van der Waals surface area contributed by atoms with Gasteiger partial charge in [-0.05, 0) is 35.0 Å². The van der Waals surface area contributed by atoms with Gasteiger partial charge in [0.2, 0.25) is 0 Å². The molecule has 4 rings (SSSR count). The van der Waals surface area contributed by atoms with Crippen molar-refractivity contribution in [3.05, 3.63) is 78.0 Å². The van der Waals surface area contributed by atoms with Gasteiger partial charge in [-0.15, -0.1) is 0 Å². The monoisotopic (exact) mass is 400 g/mol. The summed E-state index contributed by atoms with van der Waals surface area (Å²) in [5, 5.41) is 13.2. The number of nitrogens with zero attached hydrogens (tertiary/aromatic N) is 2. The Hall–Kier alpha value is -4.13. The number of fused-ring (bicyclic) bond motifs is 1. The van der Waals surface area contributed by atoms with E-state index in [9.17, 15) is 4.79 Å². The molecule has 30 heavy (non-hydrogen) atoms. The quantitative estimate of drug-likeness (QED) is 0.378. The lowest BCUT2D eigenvalue weighted by atomic mass is 10.0. The van der Waals surface area contributed by atoms with Crippen molar-refractivity contribution in [2.75, 3.05) is 14.2 Å². The van der Waals surface area contributed by atoms with Gasteiger partial charge in [-0.3, -0.25) is 9.89 Å². The number of rotatable bonds is 6. The molecule has 0 aliphatic carbocycles. The Morgan fingerprint density at radius 3 is 2.60 bits per heavy atom. The summed E-state index contributed by atoms with van der Waals surface area (Å²) in [7, 11) is 3.19. The number of nitrogens with one attached hydrogen (secondary N) is 2. The Morgan fingerprint density at radius 1 is 1.00 bits per heavy atom. The second-order valence-corrected chi connectivity index (χ2v) is 6.47. The summed E-state index contributed by atoms with van der Waals surface area (Å²) in [6.07, 6.45) is 1.53. The minimum atomic E-state index is -0.404. The van der Waals surface area contributed by atoms with Gasteiger partial charge in [0, 0.05) is 5.56 Å². The zero-order valence-corrected chi connectivity index (χ0v) is 16.5. The van der Waals surface area contributed by atoms with Gasteiger partial charge in [0.1, 0.15) is 17.2 Å². The number of H-pyrrole nitrogens is 1. The summed E-state index contributed by atoms with van der Waals surface area (Å²) in [4.78, 5) is 12.5. The molecule has 0 aliphatic heterocycles. The summed E-state index contributed by atoms with van der Waals surface area (Å²) in [6.45, 7) is 0. The number of ether oxygens (including phenoxy) is 2. The molecule has 0 unspecified atom stereocenters. The molecule has 0 radical (unpaired) electrons. The molecule has 0 bridgehead atoms. The molecule has 0 fully saturated rings. The van der Waals surface area contributed by atoms with Crippen LogP contribution in [0.5, 0.6) is 11.5 Å². The van der Waals surface area contributed by atoms with E-state index in [-0.39, 0.29) is 5.69 Å². The molecule has 0 spiro atoms. The molecular weight excluding hydrogens is 380 g/mol. The van der Waals surface area contributed by atoms with Crippen LogP contribution in [-0.2, 0) is 0 Å². The Balaban J connectivity index is 1.58. The maximum absolute atomic E-state index is 12.5. The van der Waals surface area contributed by atoms with Crippen LogP contribution in [0.2, 0.25) is 0 Å². The van der Waals surface area contributed by atoms with Crippen LogP contribution in [0, 0.1) is 0 Å². The fraction of sp³-hybridized carbons (Fsp3) is 0.0870. The molecule has 4 aromatic rings. The van der Waals surface area contributed by atoms with Crippen LogP contribution in [0.1, 0.15) is 16.1 Å². The lowest BCUT2D eigenvalue weighted by Gasteiger charge is -2.09. The zero-order chi connectivity index (χ0) is 20.9. The Morgan fingerprint density at radius 2 is 1.77 bits per heavy atom. The van der Waals surface area contributed by atoms with Crippen molar-refractivity contribution in [1.82, 2.24) is 15.6 Å². The number of carbonyl (C=O) groups excluding carboxylic acids is 1. The van der Waals surface area contributed by atoms with Crippen LogP contribution in [0.3, 0.4) is 0 Å². The third-order valence-corrected chi connectivity index (χ3v) is 4.70. The van der Waals surface area contributed by atoms with Gasteiger partial charge < -0.3 is 9.47 Å². The molecule has 7 nitrogen and oxygen atoms in total. The van der Waals surface area contributed by atoms with Gasteiger partial charge in [0.25, 0.3) is 5.91 Å². The number of para-hydroxylation sites is 1. The van der Waals surface area contributed by atoms with Crippen LogP contribution >= 0.6 is 0 Å². The lowest BCUT2D eigenvalue weighted by molar-refractivity contribution is 0.0950. The fourth-order valence-corrected chi connectivity index (χ4v) is 3.25. The van der Waals surface area contributed by atoms with Crippen molar-refractivity contribution >= 4 is 22.9 Å². The second-order valence-electron chi connectivity index (χ2n) is 6.47. The van der Waals surface area contributed by atoms with Crippen LogP contribution in [-0.4, -0.2) is 36.5 Å². The third kappa shape index (κ3) is 3.73. The SMILES string of the molecule is COc1ccccc1C=NNC(=O)c1cc(-c2c(OC)ccc3ccccc23)n[nH]1. The second kappa shape index (κ2) is 8.48. The van der Waals surface area contributed by atoms with E-state index in [4.69, 9.17) is 9.47 Å². The number of hydrogen-bond acceptors (Lipinski definition) is 5. The lowest BCUT2D eigenvalue weighted by Crippen LogP contribution is -2.18. The molecule has 1 heterocycles. The minimum absolute atomic E-state index is 0.289. The summed E-state index contributed by atoms with van der Waals surface area (Å²) >= 11 is 0. The molecule has 150 valence electrons. The van der Waals surface area contributed by atoms with E-state index in [0.29, 0.717) is 17.2 Å². The van der Waals surface area contributed by atoms with Crippen LogP contribution in [0.15, 0.2) is 71.8 Å².